The van der Waals surface area contributed by atoms with Gasteiger partial charge >= 0.3 is 5.97 Å². The molecule has 0 aromatic carbocycles. The van der Waals surface area contributed by atoms with Crippen molar-refractivity contribution >= 4 is 34.3 Å². The number of esters is 1. The van der Waals surface area contributed by atoms with Crippen LogP contribution in [0.5, 0.6) is 0 Å². The molecule has 2 rings (SSSR count). The molecule has 0 saturated carbocycles. The van der Waals surface area contributed by atoms with E-state index in [9.17, 15) is 14.4 Å². The molecule has 25 heavy (non-hydrogen) atoms. The minimum absolute atomic E-state index is 0.0591. The molecule has 1 saturated heterocycles. The summed E-state index contributed by atoms with van der Waals surface area (Å²) in [5, 5.41) is 4.68. The molecule has 8 heteroatoms. The SMILES string of the molecule is CCOC(=O)c1csc(NC(=O)C2CCCN(C(=O)C(C)(C)C)C2)n1. The fraction of sp³-hybridized carbons (Fsp3) is 0.647. The van der Waals surface area contributed by atoms with Crippen LogP contribution in [0.1, 0.15) is 51.0 Å². The maximum atomic E-state index is 12.5. The van der Waals surface area contributed by atoms with Gasteiger partial charge in [-0.25, -0.2) is 9.78 Å². The zero-order valence-corrected chi connectivity index (χ0v) is 15.9. The predicted octanol–water partition coefficient (Wildman–Crippen LogP) is 2.54. The summed E-state index contributed by atoms with van der Waals surface area (Å²) in [4.78, 5) is 42.4. The van der Waals surface area contributed by atoms with Crippen molar-refractivity contribution in [2.45, 2.75) is 40.5 Å². The standard InChI is InChI=1S/C17H25N3O4S/c1-5-24-14(22)12-10-25-16(18-12)19-13(21)11-7-6-8-20(9-11)15(23)17(2,3)4/h10-11H,5-9H2,1-4H3,(H,18,19,21). The lowest BCUT2D eigenvalue weighted by atomic mass is 9.91. The number of likely N-dealkylation sites (tertiary alicyclic amines) is 1. The van der Waals surface area contributed by atoms with E-state index in [0.717, 1.165) is 12.8 Å². The van der Waals surface area contributed by atoms with E-state index in [1.807, 2.05) is 20.8 Å². The molecule has 0 radical (unpaired) electrons. The Labute approximate surface area is 151 Å². The van der Waals surface area contributed by atoms with E-state index < -0.39 is 11.4 Å². The highest BCUT2D eigenvalue weighted by Crippen LogP contribution is 2.25. The van der Waals surface area contributed by atoms with Crippen LogP contribution in [0.2, 0.25) is 0 Å². The van der Waals surface area contributed by atoms with Gasteiger partial charge in [-0.3, -0.25) is 9.59 Å². The van der Waals surface area contributed by atoms with Crippen molar-refractivity contribution < 1.29 is 19.1 Å². The normalized spacial score (nSPS) is 17.9. The van der Waals surface area contributed by atoms with E-state index in [0.29, 0.717) is 18.2 Å². The van der Waals surface area contributed by atoms with Crippen molar-refractivity contribution in [2.24, 2.45) is 11.3 Å². The van der Waals surface area contributed by atoms with Gasteiger partial charge in [-0.1, -0.05) is 20.8 Å². The molecule has 1 aliphatic heterocycles. The highest BCUT2D eigenvalue weighted by Gasteiger charge is 2.33. The number of nitrogens with one attached hydrogen (secondary N) is 1. The van der Waals surface area contributed by atoms with Crippen LogP contribution in [0.25, 0.3) is 0 Å². The summed E-state index contributed by atoms with van der Waals surface area (Å²) in [6.07, 6.45) is 1.53. The Kier molecular flexibility index (Phi) is 6.16. The zero-order valence-electron chi connectivity index (χ0n) is 15.1. The van der Waals surface area contributed by atoms with Crippen molar-refractivity contribution in [3.63, 3.8) is 0 Å². The molecular weight excluding hydrogens is 342 g/mol. The number of anilines is 1. The maximum Gasteiger partial charge on any atom is 0.357 e. The van der Waals surface area contributed by atoms with Crippen LogP contribution >= 0.6 is 11.3 Å². The summed E-state index contributed by atoms with van der Waals surface area (Å²) in [6, 6.07) is 0. The summed E-state index contributed by atoms with van der Waals surface area (Å²) in [6.45, 7) is 8.74. The second-order valence-corrected chi connectivity index (χ2v) is 7.95. The third-order valence-corrected chi connectivity index (χ3v) is 4.70. The summed E-state index contributed by atoms with van der Waals surface area (Å²) in [7, 11) is 0. The third-order valence-electron chi connectivity index (χ3n) is 3.94. The smallest absolute Gasteiger partial charge is 0.357 e. The number of thiazole rings is 1. The number of hydrogen-bond donors (Lipinski definition) is 1. The molecule has 0 aliphatic carbocycles. The van der Waals surface area contributed by atoms with Gasteiger partial charge in [-0.15, -0.1) is 11.3 Å². The number of ether oxygens (including phenoxy) is 1. The number of aromatic nitrogens is 1. The van der Waals surface area contributed by atoms with Crippen molar-refractivity contribution in [2.75, 3.05) is 25.0 Å². The van der Waals surface area contributed by atoms with Gasteiger partial charge in [-0.2, -0.15) is 0 Å². The number of rotatable bonds is 4. The van der Waals surface area contributed by atoms with Crippen molar-refractivity contribution in [3.8, 4) is 0 Å². The molecule has 0 bridgehead atoms. The molecule has 1 aromatic rings. The predicted molar refractivity (Wildman–Crippen MR) is 95.5 cm³/mol. The van der Waals surface area contributed by atoms with Crippen LogP contribution in [0.15, 0.2) is 5.38 Å². The molecule has 1 fully saturated rings. The number of hydrogen-bond acceptors (Lipinski definition) is 6. The quantitative estimate of drug-likeness (QED) is 0.826. The average Bonchev–Trinajstić information content (AvgIpc) is 3.02. The molecule has 138 valence electrons. The molecule has 1 unspecified atom stereocenters. The zero-order chi connectivity index (χ0) is 18.6. The Hall–Kier alpha value is -1.96. The lowest BCUT2D eigenvalue weighted by Gasteiger charge is -2.35. The Morgan fingerprint density at radius 3 is 2.76 bits per heavy atom. The number of carbonyl (C=O) groups excluding carboxylic acids is 3. The summed E-state index contributed by atoms with van der Waals surface area (Å²) < 4.78 is 4.88. The van der Waals surface area contributed by atoms with Gasteiger partial charge in [0.1, 0.15) is 0 Å². The fourth-order valence-corrected chi connectivity index (χ4v) is 3.37. The van der Waals surface area contributed by atoms with Crippen LogP contribution in [0.4, 0.5) is 5.13 Å². The molecule has 2 amide bonds. The first kappa shape index (κ1) is 19.4. The van der Waals surface area contributed by atoms with Gasteiger partial charge < -0.3 is 15.0 Å². The minimum Gasteiger partial charge on any atom is -0.461 e. The number of piperidine rings is 1. The van der Waals surface area contributed by atoms with E-state index in [1.54, 1.807) is 17.2 Å². The molecule has 2 heterocycles. The van der Waals surface area contributed by atoms with Gasteiger partial charge in [0.05, 0.1) is 12.5 Å². The highest BCUT2D eigenvalue weighted by atomic mass is 32.1. The maximum absolute atomic E-state index is 12.5. The van der Waals surface area contributed by atoms with Crippen molar-refractivity contribution in [3.05, 3.63) is 11.1 Å². The van der Waals surface area contributed by atoms with E-state index in [1.165, 1.54) is 11.3 Å². The van der Waals surface area contributed by atoms with E-state index in [-0.39, 0.29) is 30.0 Å². The second kappa shape index (κ2) is 7.95. The Balaban J connectivity index is 1.96. The highest BCUT2D eigenvalue weighted by molar-refractivity contribution is 7.14. The van der Waals surface area contributed by atoms with E-state index in [4.69, 9.17) is 4.74 Å². The van der Waals surface area contributed by atoms with Crippen molar-refractivity contribution in [1.82, 2.24) is 9.88 Å². The molecule has 1 aliphatic rings. The van der Waals surface area contributed by atoms with E-state index in [2.05, 4.69) is 10.3 Å². The number of nitrogens with zero attached hydrogens (tertiary/aromatic N) is 2. The van der Waals surface area contributed by atoms with Gasteiger partial charge in [0.25, 0.3) is 0 Å². The summed E-state index contributed by atoms with van der Waals surface area (Å²) in [5.41, 5.74) is -0.266. The Morgan fingerprint density at radius 2 is 2.12 bits per heavy atom. The molecule has 1 atom stereocenters. The van der Waals surface area contributed by atoms with Crippen LogP contribution in [0.3, 0.4) is 0 Å². The van der Waals surface area contributed by atoms with Crippen LogP contribution in [0, 0.1) is 11.3 Å². The Morgan fingerprint density at radius 1 is 1.40 bits per heavy atom. The minimum atomic E-state index is -0.501. The monoisotopic (exact) mass is 367 g/mol. The summed E-state index contributed by atoms with van der Waals surface area (Å²) >= 11 is 1.18. The first-order valence-electron chi connectivity index (χ1n) is 8.45. The van der Waals surface area contributed by atoms with Crippen molar-refractivity contribution in [1.29, 1.82) is 0 Å². The average molecular weight is 367 g/mol. The number of carbonyl (C=O) groups is 3. The second-order valence-electron chi connectivity index (χ2n) is 7.09. The Bertz CT molecular complexity index is 651. The van der Waals surface area contributed by atoms with E-state index >= 15 is 0 Å². The van der Waals surface area contributed by atoms with Crippen LogP contribution in [-0.4, -0.2) is 47.4 Å². The van der Waals surface area contributed by atoms with Gasteiger partial charge in [0.15, 0.2) is 10.8 Å². The van der Waals surface area contributed by atoms with Gasteiger partial charge in [0, 0.05) is 23.9 Å². The lowest BCUT2D eigenvalue weighted by molar-refractivity contribution is -0.142. The van der Waals surface area contributed by atoms with Crippen LogP contribution < -0.4 is 5.32 Å². The lowest BCUT2D eigenvalue weighted by Crippen LogP contribution is -2.47. The first-order chi connectivity index (χ1) is 11.7. The third kappa shape index (κ3) is 5.01. The largest absolute Gasteiger partial charge is 0.461 e. The number of amides is 2. The van der Waals surface area contributed by atoms with Crippen LogP contribution in [-0.2, 0) is 14.3 Å². The summed E-state index contributed by atoms with van der Waals surface area (Å²) in [5.74, 6) is -0.881. The molecular formula is C17H25N3O4S. The fourth-order valence-electron chi connectivity index (χ4n) is 2.69. The van der Waals surface area contributed by atoms with Gasteiger partial charge in [0.2, 0.25) is 11.8 Å². The molecule has 7 nitrogen and oxygen atoms in total. The topological polar surface area (TPSA) is 88.6 Å². The molecule has 1 aromatic heterocycles. The molecule has 1 N–H and O–H groups in total. The first-order valence-corrected chi connectivity index (χ1v) is 9.33. The molecule has 0 spiro atoms. The van der Waals surface area contributed by atoms with Gasteiger partial charge in [-0.05, 0) is 19.8 Å².